The maximum Gasteiger partial charge on any atom is 0.200 e. The first-order valence-corrected chi connectivity index (χ1v) is 11.9. The van der Waals surface area contributed by atoms with E-state index in [0.717, 1.165) is 44.1 Å². The van der Waals surface area contributed by atoms with Gasteiger partial charge in [-0.1, -0.05) is 0 Å². The highest BCUT2D eigenvalue weighted by Gasteiger charge is 2.50. The van der Waals surface area contributed by atoms with Crippen molar-refractivity contribution in [1.29, 1.82) is 0 Å². The van der Waals surface area contributed by atoms with Gasteiger partial charge < -0.3 is 29.2 Å². The van der Waals surface area contributed by atoms with E-state index in [1.54, 1.807) is 6.07 Å². The molecule has 3 atom stereocenters. The molecule has 0 saturated heterocycles. The fraction of sp³-hybridized carbons (Fsp3) is 0.640. The van der Waals surface area contributed by atoms with Gasteiger partial charge >= 0.3 is 0 Å². The molecule has 174 valence electrons. The molecule has 2 aliphatic carbocycles. The standard InChI is InChI=1S/C25H32O7/c1-25(29)10-4-8-16-20-17(32-24(16)25)12-18-21(23(20)30-14-6-2-3-7-14)22(28)15(9-5-11-26)19(13-27)31-18/h12,14,16,24,26-27,29H,2-11,13H2,1H3. The second-order valence-corrected chi connectivity index (χ2v) is 9.73. The highest BCUT2D eigenvalue weighted by molar-refractivity contribution is 5.89. The topological polar surface area (TPSA) is 109 Å². The van der Waals surface area contributed by atoms with Crippen LogP contribution in [0, 0.1) is 0 Å². The first kappa shape index (κ1) is 21.7. The van der Waals surface area contributed by atoms with Gasteiger partial charge in [0.15, 0.2) is 5.43 Å². The van der Waals surface area contributed by atoms with Crippen molar-refractivity contribution in [3.8, 4) is 11.5 Å². The van der Waals surface area contributed by atoms with Gasteiger partial charge in [-0.2, -0.15) is 0 Å². The van der Waals surface area contributed by atoms with Crippen molar-refractivity contribution in [3.63, 3.8) is 0 Å². The zero-order valence-corrected chi connectivity index (χ0v) is 18.6. The molecule has 3 unspecified atom stereocenters. The predicted octanol–water partition coefficient (Wildman–Crippen LogP) is 3.31. The van der Waals surface area contributed by atoms with E-state index in [0.29, 0.717) is 47.3 Å². The summed E-state index contributed by atoms with van der Waals surface area (Å²) in [6, 6.07) is 1.72. The van der Waals surface area contributed by atoms with E-state index in [1.165, 1.54) is 0 Å². The average molecular weight is 445 g/mol. The Hall–Kier alpha value is -2.09. The summed E-state index contributed by atoms with van der Waals surface area (Å²) in [5.74, 6) is 1.29. The summed E-state index contributed by atoms with van der Waals surface area (Å²) in [5, 5.41) is 30.5. The summed E-state index contributed by atoms with van der Waals surface area (Å²) in [6.07, 6.45) is 6.84. The molecule has 0 amide bonds. The van der Waals surface area contributed by atoms with E-state index in [9.17, 15) is 20.1 Å². The SMILES string of the molecule is CC1(O)CCCC2c3c(cc4oc(CO)c(CCCO)c(=O)c4c3OC3CCCC3)OC21. The lowest BCUT2D eigenvalue weighted by Gasteiger charge is -2.37. The number of aliphatic hydroxyl groups excluding tert-OH is 2. The van der Waals surface area contributed by atoms with Crippen LogP contribution in [0.25, 0.3) is 11.0 Å². The summed E-state index contributed by atoms with van der Waals surface area (Å²) in [5.41, 5.74) is 0.406. The van der Waals surface area contributed by atoms with Crippen LogP contribution in [0.1, 0.15) is 81.1 Å². The van der Waals surface area contributed by atoms with Crippen LogP contribution in [0.15, 0.2) is 15.3 Å². The molecule has 0 radical (unpaired) electrons. The van der Waals surface area contributed by atoms with E-state index in [1.807, 2.05) is 6.92 Å². The molecule has 1 aliphatic heterocycles. The van der Waals surface area contributed by atoms with Crippen LogP contribution in [-0.2, 0) is 13.0 Å². The average Bonchev–Trinajstić information content (AvgIpc) is 3.40. The molecule has 3 aliphatic rings. The Morgan fingerprint density at radius 3 is 2.69 bits per heavy atom. The van der Waals surface area contributed by atoms with Gasteiger partial charge in [0.25, 0.3) is 0 Å². The maximum absolute atomic E-state index is 13.7. The number of rotatable bonds is 6. The maximum atomic E-state index is 13.7. The van der Waals surface area contributed by atoms with Gasteiger partial charge in [0.2, 0.25) is 0 Å². The summed E-state index contributed by atoms with van der Waals surface area (Å²) < 4.78 is 18.8. The van der Waals surface area contributed by atoms with Gasteiger partial charge in [0.1, 0.15) is 40.9 Å². The second-order valence-electron chi connectivity index (χ2n) is 9.73. The van der Waals surface area contributed by atoms with E-state index < -0.39 is 18.3 Å². The lowest BCUT2D eigenvalue weighted by Crippen LogP contribution is -2.47. The third kappa shape index (κ3) is 3.51. The molecule has 3 N–H and O–H groups in total. The van der Waals surface area contributed by atoms with Gasteiger partial charge in [-0.25, -0.2) is 0 Å². The molecule has 7 nitrogen and oxygen atoms in total. The predicted molar refractivity (Wildman–Crippen MR) is 118 cm³/mol. The summed E-state index contributed by atoms with van der Waals surface area (Å²) >= 11 is 0. The van der Waals surface area contributed by atoms with E-state index in [4.69, 9.17) is 13.9 Å². The van der Waals surface area contributed by atoms with Crippen LogP contribution in [0.2, 0.25) is 0 Å². The van der Waals surface area contributed by atoms with Crippen LogP contribution in [0.5, 0.6) is 11.5 Å². The van der Waals surface area contributed by atoms with Crippen molar-refractivity contribution in [3.05, 3.63) is 33.2 Å². The Balaban J connectivity index is 1.74. The molecule has 2 saturated carbocycles. The van der Waals surface area contributed by atoms with Gasteiger partial charge in [-0.15, -0.1) is 0 Å². The molecule has 1 aromatic heterocycles. The molecule has 0 spiro atoms. The van der Waals surface area contributed by atoms with Crippen molar-refractivity contribution in [2.75, 3.05) is 6.61 Å². The Kier molecular flexibility index (Phi) is 5.68. The van der Waals surface area contributed by atoms with Crippen LogP contribution in [-0.4, -0.2) is 39.7 Å². The molecule has 2 heterocycles. The minimum absolute atomic E-state index is 0.0330. The lowest BCUT2D eigenvalue weighted by molar-refractivity contribution is -0.0725. The molecular weight excluding hydrogens is 412 g/mol. The largest absolute Gasteiger partial charge is 0.489 e. The first-order valence-electron chi connectivity index (χ1n) is 11.9. The molecule has 1 aromatic carbocycles. The minimum Gasteiger partial charge on any atom is -0.489 e. The fourth-order valence-corrected chi connectivity index (χ4v) is 5.82. The molecule has 7 heteroatoms. The molecular formula is C25H32O7. The monoisotopic (exact) mass is 444 g/mol. The number of hydrogen-bond donors (Lipinski definition) is 3. The number of aliphatic hydroxyl groups is 3. The minimum atomic E-state index is -0.960. The molecule has 0 bridgehead atoms. The molecule has 2 fully saturated rings. The summed E-state index contributed by atoms with van der Waals surface area (Å²) in [4.78, 5) is 13.7. The van der Waals surface area contributed by atoms with Crippen molar-refractivity contribution in [2.24, 2.45) is 0 Å². The van der Waals surface area contributed by atoms with Gasteiger partial charge in [0.05, 0.1) is 11.7 Å². The Morgan fingerprint density at radius 1 is 1.19 bits per heavy atom. The quantitative estimate of drug-likeness (QED) is 0.627. The van der Waals surface area contributed by atoms with Crippen LogP contribution in [0.3, 0.4) is 0 Å². The van der Waals surface area contributed by atoms with Crippen molar-refractivity contribution >= 4 is 11.0 Å². The highest BCUT2D eigenvalue weighted by atomic mass is 16.5. The van der Waals surface area contributed by atoms with Crippen LogP contribution >= 0.6 is 0 Å². The number of ether oxygens (including phenoxy) is 2. The van der Waals surface area contributed by atoms with Crippen LogP contribution in [0.4, 0.5) is 0 Å². The van der Waals surface area contributed by atoms with E-state index in [2.05, 4.69) is 0 Å². The zero-order valence-electron chi connectivity index (χ0n) is 18.6. The highest BCUT2D eigenvalue weighted by Crippen LogP contribution is 2.54. The number of benzene rings is 1. The fourth-order valence-electron chi connectivity index (χ4n) is 5.82. The number of hydrogen-bond acceptors (Lipinski definition) is 7. The van der Waals surface area contributed by atoms with Crippen molar-refractivity contribution in [2.45, 2.75) is 95.0 Å². The smallest absolute Gasteiger partial charge is 0.200 e. The third-order valence-corrected chi connectivity index (χ3v) is 7.43. The van der Waals surface area contributed by atoms with Crippen LogP contribution < -0.4 is 14.9 Å². The first-order chi connectivity index (χ1) is 15.4. The van der Waals surface area contributed by atoms with Crippen molar-refractivity contribution in [1.82, 2.24) is 0 Å². The molecule has 32 heavy (non-hydrogen) atoms. The van der Waals surface area contributed by atoms with Gasteiger partial charge in [-0.3, -0.25) is 4.79 Å². The number of fused-ring (bicyclic) bond motifs is 4. The van der Waals surface area contributed by atoms with Crippen molar-refractivity contribution < 1.29 is 29.2 Å². The molecule has 5 rings (SSSR count). The Labute approximate surface area is 187 Å². The normalized spacial score (nSPS) is 27.4. The second kappa shape index (κ2) is 8.36. The van der Waals surface area contributed by atoms with E-state index >= 15 is 0 Å². The summed E-state index contributed by atoms with van der Waals surface area (Å²) in [7, 11) is 0. The third-order valence-electron chi connectivity index (χ3n) is 7.43. The Morgan fingerprint density at radius 2 is 1.97 bits per heavy atom. The van der Waals surface area contributed by atoms with E-state index in [-0.39, 0.29) is 29.8 Å². The molecule has 2 aromatic rings. The summed E-state index contributed by atoms with van der Waals surface area (Å²) in [6.45, 7) is 1.36. The lowest BCUT2D eigenvalue weighted by atomic mass is 9.74. The van der Waals surface area contributed by atoms with Gasteiger partial charge in [-0.05, 0) is 64.7 Å². The van der Waals surface area contributed by atoms with Gasteiger partial charge in [0, 0.05) is 29.7 Å². The zero-order chi connectivity index (χ0) is 22.5. The Bertz CT molecular complexity index is 1060.